The van der Waals surface area contributed by atoms with E-state index in [4.69, 9.17) is 0 Å². The van der Waals surface area contributed by atoms with Gasteiger partial charge in [0.1, 0.15) is 0 Å². The number of hydrogen-bond donors (Lipinski definition) is 2. The monoisotopic (exact) mass is 342 g/mol. The van der Waals surface area contributed by atoms with Crippen molar-refractivity contribution in [3.8, 4) is 0 Å². The van der Waals surface area contributed by atoms with Gasteiger partial charge in [-0.25, -0.2) is 4.79 Å². The first kappa shape index (κ1) is 17.4. The standard InChI is InChI=1S/C15H22N2O3S2/c1-10-8-11(17(16-10)14(18)19)9-15(20)7-5-4-6-12(15)13(21-2)22-3/h8,20H,4-7,9H2,1-3H3,(H,18,19). The molecule has 0 bridgehead atoms. The number of hydrogen-bond acceptors (Lipinski definition) is 5. The van der Waals surface area contributed by atoms with Crippen LogP contribution >= 0.6 is 23.5 Å². The second kappa shape index (κ2) is 7.10. The van der Waals surface area contributed by atoms with Crippen LogP contribution in [0.1, 0.15) is 37.1 Å². The number of thioether (sulfide) groups is 2. The molecule has 2 N–H and O–H groups in total. The Morgan fingerprint density at radius 1 is 1.41 bits per heavy atom. The minimum atomic E-state index is -1.11. The summed E-state index contributed by atoms with van der Waals surface area (Å²) < 4.78 is 2.12. The van der Waals surface area contributed by atoms with Crippen molar-refractivity contribution in [2.45, 2.75) is 44.6 Å². The van der Waals surface area contributed by atoms with E-state index >= 15 is 0 Å². The minimum absolute atomic E-state index is 0.292. The Bertz CT molecular complexity index is 592. The van der Waals surface area contributed by atoms with E-state index in [1.165, 1.54) is 0 Å². The van der Waals surface area contributed by atoms with Crippen molar-refractivity contribution in [2.75, 3.05) is 12.5 Å². The van der Waals surface area contributed by atoms with Crippen LogP contribution in [0.4, 0.5) is 4.79 Å². The maximum atomic E-state index is 11.3. The van der Waals surface area contributed by atoms with Crippen molar-refractivity contribution in [3.63, 3.8) is 0 Å². The van der Waals surface area contributed by atoms with Crippen LogP contribution in [0.25, 0.3) is 0 Å². The van der Waals surface area contributed by atoms with Gasteiger partial charge in [-0.2, -0.15) is 9.78 Å². The topological polar surface area (TPSA) is 75.4 Å². The Morgan fingerprint density at radius 3 is 2.68 bits per heavy atom. The Hall–Kier alpha value is -0.920. The molecule has 0 spiro atoms. The molecule has 1 unspecified atom stereocenters. The third-order valence-corrected chi connectivity index (χ3v) is 6.24. The number of aromatic nitrogens is 2. The molecule has 0 radical (unpaired) electrons. The van der Waals surface area contributed by atoms with E-state index in [1.807, 2.05) is 12.5 Å². The summed E-state index contributed by atoms with van der Waals surface area (Å²) in [4.78, 5) is 11.3. The number of aryl methyl sites for hydroxylation is 1. The lowest BCUT2D eigenvalue weighted by molar-refractivity contribution is 0.0503. The first-order chi connectivity index (χ1) is 10.4. The van der Waals surface area contributed by atoms with Gasteiger partial charge in [0, 0.05) is 10.7 Å². The molecule has 0 amide bonds. The minimum Gasteiger partial charge on any atom is -0.463 e. The maximum Gasteiger partial charge on any atom is 0.432 e. The molecule has 0 saturated heterocycles. The molecule has 2 rings (SSSR count). The highest BCUT2D eigenvalue weighted by atomic mass is 32.2. The Morgan fingerprint density at radius 2 is 2.09 bits per heavy atom. The summed E-state index contributed by atoms with van der Waals surface area (Å²) in [6, 6.07) is 1.75. The average molecular weight is 342 g/mol. The van der Waals surface area contributed by atoms with Crippen molar-refractivity contribution >= 4 is 29.6 Å². The molecular formula is C15H22N2O3S2. The summed E-state index contributed by atoms with van der Waals surface area (Å²) in [5.74, 6) is 0. The quantitative estimate of drug-likeness (QED) is 0.872. The first-order valence-corrected chi connectivity index (χ1v) is 9.69. The molecule has 7 heteroatoms. The van der Waals surface area contributed by atoms with Crippen molar-refractivity contribution in [1.29, 1.82) is 0 Å². The van der Waals surface area contributed by atoms with Crippen LogP contribution in [0.5, 0.6) is 0 Å². The highest BCUT2D eigenvalue weighted by Crippen LogP contribution is 2.43. The maximum absolute atomic E-state index is 11.3. The molecule has 1 atom stereocenters. The molecule has 1 aliphatic rings. The van der Waals surface area contributed by atoms with Crippen LogP contribution in [-0.2, 0) is 6.42 Å². The third kappa shape index (κ3) is 3.52. The molecule has 1 heterocycles. The molecular weight excluding hydrogens is 320 g/mol. The zero-order valence-corrected chi connectivity index (χ0v) is 14.8. The largest absolute Gasteiger partial charge is 0.463 e. The number of carbonyl (C=O) groups is 1. The summed E-state index contributed by atoms with van der Waals surface area (Å²) in [6.07, 6.45) is 6.77. The predicted octanol–water partition coefficient (Wildman–Crippen LogP) is 3.50. The number of aliphatic hydroxyl groups is 1. The lowest BCUT2D eigenvalue weighted by atomic mass is 9.78. The van der Waals surface area contributed by atoms with E-state index in [2.05, 4.69) is 5.10 Å². The fourth-order valence-corrected chi connectivity index (χ4v) is 4.81. The molecule has 0 aliphatic heterocycles. The third-order valence-electron chi connectivity index (χ3n) is 4.01. The number of nitrogens with zero attached hydrogens (tertiary/aromatic N) is 2. The van der Waals surface area contributed by atoms with Crippen LogP contribution < -0.4 is 0 Å². The van der Waals surface area contributed by atoms with Gasteiger partial charge in [0.15, 0.2) is 0 Å². The second-order valence-electron chi connectivity index (χ2n) is 5.56. The fourth-order valence-electron chi connectivity index (χ4n) is 3.06. The van der Waals surface area contributed by atoms with Crippen molar-refractivity contribution < 1.29 is 15.0 Å². The molecule has 1 aliphatic carbocycles. The average Bonchev–Trinajstić information content (AvgIpc) is 2.82. The van der Waals surface area contributed by atoms with Crippen LogP contribution in [0.3, 0.4) is 0 Å². The summed E-state index contributed by atoms with van der Waals surface area (Å²) in [7, 11) is 0. The molecule has 1 aromatic heterocycles. The highest BCUT2D eigenvalue weighted by Gasteiger charge is 2.37. The van der Waals surface area contributed by atoms with Gasteiger partial charge in [-0.1, -0.05) is 0 Å². The van der Waals surface area contributed by atoms with Crippen molar-refractivity contribution in [3.05, 3.63) is 27.3 Å². The molecule has 1 aromatic rings. The molecule has 0 aromatic carbocycles. The van der Waals surface area contributed by atoms with E-state index in [9.17, 15) is 15.0 Å². The molecule has 5 nitrogen and oxygen atoms in total. The van der Waals surface area contributed by atoms with Crippen molar-refractivity contribution in [2.24, 2.45) is 0 Å². The summed E-state index contributed by atoms with van der Waals surface area (Å²) in [6.45, 7) is 1.76. The number of carboxylic acid groups (broad SMARTS) is 1. The van der Waals surface area contributed by atoms with E-state index in [0.29, 0.717) is 24.2 Å². The number of rotatable bonds is 4. The van der Waals surface area contributed by atoms with Gasteiger partial charge in [-0.05, 0) is 56.8 Å². The first-order valence-electron chi connectivity index (χ1n) is 7.24. The van der Waals surface area contributed by atoms with Gasteiger partial charge in [0.2, 0.25) is 0 Å². The van der Waals surface area contributed by atoms with Gasteiger partial charge in [0.25, 0.3) is 0 Å². The van der Waals surface area contributed by atoms with E-state index in [-0.39, 0.29) is 0 Å². The van der Waals surface area contributed by atoms with Crippen LogP contribution in [-0.4, -0.2) is 44.2 Å². The highest BCUT2D eigenvalue weighted by molar-refractivity contribution is 8.21. The Balaban J connectivity index is 2.40. The van der Waals surface area contributed by atoms with E-state index in [0.717, 1.165) is 33.8 Å². The lowest BCUT2D eigenvalue weighted by Crippen LogP contribution is -2.38. The normalized spacial score (nSPS) is 21.9. The van der Waals surface area contributed by atoms with Crippen LogP contribution in [0.2, 0.25) is 0 Å². The zero-order valence-electron chi connectivity index (χ0n) is 13.1. The van der Waals surface area contributed by atoms with Gasteiger partial charge >= 0.3 is 6.09 Å². The zero-order chi connectivity index (χ0) is 16.3. The summed E-state index contributed by atoms with van der Waals surface area (Å²) in [5.41, 5.74) is 1.28. The lowest BCUT2D eigenvalue weighted by Gasteiger charge is -2.36. The molecule has 1 fully saturated rings. The van der Waals surface area contributed by atoms with Crippen molar-refractivity contribution in [1.82, 2.24) is 9.78 Å². The molecule has 122 valence electrons. The second-order valence-corrected chi connectivity index (χ2v) is 7.45. The summed E-state index contributed by atoms with van der Waals surface area (Å²) in [5, 5.41) is 24.5. The SMILES string of the molecule is CSC(SC)=C1CCCCC1(O)Cc1cc(C)nn1C(=O)O. The van der Waals surface area contributed by atoms with Crippen LogP contribution in [0.15, 0.2) is 15.9 Å². The molecule has 1 saturated carbocycles. The Labute approximate surface area is 139 Å². The Kier molecular flexibility index (Phi) is 5.63. The molecule has 22 heavy (non-hydrogen) atoms. The predicted molar refractivity (Wildman–Crippen MR) is 91.6 cm³/mol. The van der Waals surface area contributed by atoms with E-state index < -0.39 is 11.7 Å². The van der Waals surface area contributed by atoms with Gasteiger partial charge in [-0.3, -0.25) is 0 Å². The van der Waals surface area contributed by atoms with E-state index in [1.54, 1.807) is 36.5 Å². The van der Waals surface area contributed by atoms with Crippen LogP contribution in [0, 0.1) is 6.92 Å². The van der Waals surface area contributed by atoms with Gasteiger partial charge in [-0.15, -0.1) is 23.5 Å². The smallest absolute Gasteiger partial charge is 0.432 e. The van der Waals surface area contributed by atoms with Gasteiger partial charge in [0.05, 0.1) is 17.0 Å². The summed E-state index contributed by atoms with van der Waals surface area (Å²) >= 11 is 3.30. The fraction of sp³-hybridized carbons (Fsp3) is 0.600. The van der Waals surface area contributed by atoms with Gasteiger partial charge < -0.3 is 10.2 Å².